The Morgan fingerprint density at radius 3 is 2.96 bits per heavy atom. The molecule has 3 rings (SSSR count). The number of ether oxygens (including phenoxy) is 1. The van der Waals surface area contributed by atoms with Crippen molar-refractivity contribution in [3.63, 3.8) is 0 Å². The van der Waals surface area contributed by atoms with Crippen molar-refractivity contribution < 1.29 is 9.53 Å². The van der Waals surface area contributed by atoms with Crippen LogP contribution in [0, 0.1) is 0 Å². The number of amides is 1. The van der Waals surface area contributed by atoms with Gasteiger partial charge in [0.2, 0.25) is 0 Å². The lowest BCUT2D eigenvalue weighted by atomic mass is 10.1. The molecule has 144 valence electrons. The zero-order chi connectivity index (χ0) is 19.2. The van der Waals surface area contributed by atoms with E-state index in [1.54, 1.807) is 0 Å². The number of benzene rings is 1. The van der Waals surface area contributed by atoms with Crippen molar-refractivity contribution in [1.29, 1.82) is 0 Å². The number of carbonyl (C=O) groups is 1. The highest BCUT2D eigenvalue weighted by molar-refractivity contribution is 9.11. The van der Waals surface area contributed by atoms with E-state index in [0.717, 1.165) is 59.0 Å². The number of carbonyl (C=O) groups excluding carboxylic acids is 1. The Kier molecular flexibility index (Phi) is 7.10. The summed E-state index contributed by atoms with van der Waals surface area (Å²) in [5, 5.41) is 0. The van der Waals surface area contributed by atoms with Gasteiger partial charge in [0.25, 0.3) is 5.91 Å². The highest BCUT2D eigenvalue weighted by Gasteiger charge is 2.26. The van der Waals surface area contributed by atoms with E-state index in [-0.39, 0.29) is 5.91 Å². The Bertz CT molecular complexity index is 805. The summed E-state index contributed by atoms with van der Waals surface area (Å²) in [6, 6.07) is 9.85. The third kappa shape index (κ3) is 5.21. The molecule has 0 bridgehead atoms. The molecule has 0 spiro atoms. The lowest BCUT2D eigenvalue weighted by Gasteiger charge is -2.17. The van der Waals surface area contributed by atoms with Crippen molar-refractivity contribution in [1.82, 2.24) is 4.90 Å². The molecule has 1 aromatic carbocycles. The Morgan fingerprint density at radius 1 is 1.37 bits per heavy atom. The minimum atomic E-state index is 0.0711. The van der Waals surface area contributed by atoms with Gasteiger partial charge >= 0.3 is 0 Å². The molecule has 1 aromatic heterocycles. The Hall–Kier alpha value is -1.63. The summed E-state index contributed by atoms with van der Waals surface area (Å²) in [5.74, 6) is 0.961. The van der Waals surface area contributed by atoms with Crippen molar-refractivity contribution in [2.75, 3.05) is 38.2 Å². The minimum absolute atomic E-state index is 0.0711. The first-order chi connectivity index (χ1) is 13.1. The van der Waals surface area contributed by atoms with Crippen molar-refractivity contribution in [3.05, 3.63) is 57.2 Å². The van der Waals surface area contributed by atoms with E-state index in [4.69, 9.17) is 4.74 Å². The summed E-state index contributed by atoms with van der Waals surface area (Å²) in [4.78, 5) is 17.6. The first-order valence-electron chi connectivity index (χ1n) is 9.21. The standard InChI is InChI=1S/C21H25BrN2O2S/c1-3-11-23(2)12-4-5-14-26-17-6-7-18-16(15-17)10-13-24(18)21(25)19-8-9-20(22)27-19/h3,6-9,15H,1,4-5,10-14H2,2H3. The maximum atomic E-state index is 12.7. The third-order valence-electron chi connectivity index (χ3n) is 4.62. The van der Waals surface area contributed by atoms with E-state index in [0.29, 0.717) is 6.61 Å². The highest BCUT2D eigenvalue weighted by atomic mass is 79.9. The van der Waals surface area contributed by atoms with Crippen LogP contribution in [0.5, 0.6) is 5.75 Å². The maximum absolute atomic E-state index is 12.7. The van der Waals surface area contributed by atoms with E-state index in [1.807, 2.05) is 35.2 Å². The van der Waals surface area contributed by atoms with Crippen molar-refractivity contribution in [2.24, 2.45) is 0 Å². The van der Waals surface area contributed by atoms with Crippen LogP contribution in [0.3, 0.4) is 0 Å². The van der Waals surface area contributed by atoms with Gasteiger partial charge < -0.3 is 14.5 Å². The maximum Gasteiger partial charge on any atom is 0.268 e. The number of likely N-dealkylation sites (N-methyl/N-ethyl adjacent to an activating group) is 1. The monoisotopic (exact) mass is 448 g/mol. The average Bonchev–Trinajstić information content (AvgIpc) is 3.27. The van der Waals surface area contributed by atoms with Gasteiger partial charge in [0, 0.05) is 18.8 Å². The van der Waals surface area contributed by atoms with Gasteiger partial charge in [0.15, 0.2) is 0 Å². The van der Waals surface area contributed by atoms with Gasteiger partial charge in [-0.15, -0.1) is 17.9 Å². The molecule has 27 heavy (non-hydrogen) atoms. The molecule has 0 radical (unpaired) electrons. The lowest BCUT2D eigenvalue weighted by Crippen LogP contribution is -2.28. The molecule has 0 atom stereocenters. The average molecular weight is 449 g/mol. The van der Waals surface area contributed by atoms with Crippen LogP contribution < -0.4 is 9.64 Å². The molecule has 6 heteroatoms. The molecule has 1 amide bonds. The number of unbranched alkanes of at least 4 members (excludes halogenated alkanes) is 1. The topological polar surface area (TPSA) is 32.8 Å². The predicted molar refractivity (Wildman–Crippen MR) is 116 cm³/mol. The fourth-order valence-corrected chi connectivity index (χ4v) is 4.56. The van der Waals surface area contributed by atoms with Crippen molar-refractivity contribution in [2.45, 2.75) is 19.3 Å². The summed E-state index contributed by atoms with van der Waals surface area (Å²) >= 11 is 4.90. The number of rotatable bonds is 9. The van der Waals surface area contributed by atoms with Gasteiger partial charge in [-0.25, -0.2) is 0 Å². The minimum Gasteiger partial charge on any atom is -0.494 e. The van der Waals surface area contributed by atoms with Crippen LogP contribution in [-0.2, 0) is 6.42 Å². The van der Waals surface area contributed by atoms with Crippen molar-refractivity contribution in [3.8, 4) is 5.75 Å². The lowest BCUT2D eigenvalue weighted by molar-refractivity contribution is 0.0993. The van der Waals surface area contributed by atoms with E-state index in [2.05, 4.69) is 40.5 Å². The van der Waals surface area contributed by atoms with Crippen LogP contribution in [0.1, 0.15) is 28.1 Å². The largest absolute Gasteiger partial charge is 0.494 e. The summed E-state index contributed by atoms with van der Waals surface area (Å²) in [6.45, 7) is 7.17. The van der Waals surface area contributed by atoms with Crippen LogP contribution in [0.4, 0.5) is 5.69 Å². The number of hydrogen-bond acceptors (Lipinski definition) is 4. The molecule has 0 saturated carbocycles. The molecule has 1 aliphatic heterocycles. The Labute approximate surface area is 173 Å². The predicted octanol–water partition coefficient (Wildman–Crippen LogP) is 4.99. The first-order valence-corrected chi connectivity index (χ1v) is 10.8. The molecule has 0 unspecified atom stereocenters. The van der Waals surface area contributed by atoms with Gasteiger partial charge in [-0.05, 0) is 84.7 Å². The summed E-state index contributed by atoms with van der Waals surface area (Å²) in [6.07, 6.45) is 4.92. The van der Waals surface area contributed by atoms with Crippen LogP contribution in [0.15, 0.2) is 46.8 Å². The number of thiophene rings is 1. The number of hydrogen-bond donors (Lipinski definition) is 0. The Morgan fingerprint density at radius 2 is 2.22 bits per heavy atom. The van der Waals surface area contributed by atoms with Gasteiger partial charge in [-0.1, -0.05) is 6.08 Å². The second kappa shape index (κ2) is 9.53. The molecule has 1 aliphatic rings. The molecular weight excluding hydrogens is 424 g/mol. The quantitative estimate of drug-likeness (QED) is 0.400. The van der Waals surface area contributed by atoms with Crippen LogP contribution >= 0.6 is 27.3 Å². The first kappa shape index (κ1) is 20.1. The van der Waals surface area contributed by atoms with Gasteiger partial charge in [0.05, 0.1) is 15.3 Å². The van der Waals surface area contributed by atoms with E-state index < -0.39 is 0 Å². The van der Waals surface area contributed by atoms with Crippen LogP contribution in [-0.4, -0.2) is 44.1 Å². The molecule has 0 fully saturated rings. The SMILES string of the molecule is C=CCN(C)CCCCOc1ccc2c(c1)CCN2C(=O)c1ccc(Br)s1. The molecule has 0 saturated heterocycles. The Balaban J connectivity index is 1.52. The van der Waals surface area contributed by atoms with Gasteiger partial charge in [0.1, 0.15) is 5.75 Å². The number of nitrogens with zero attached hydrogens (tertiary/aromatic N) is 2. The zero-order valence-electron chi connectivity index (χ0n) is 15.6. The normalized spacial score (nSPS) is 13.1. The molecule has 2 heterocycles. The zero-order valence-corrected chi connectivity index (χ0v) is 18.0. The summed E-state index contributed by atoms with van der Waals surface area (Å²) in [7, 11) is 2.10. The third-order valence-corrected chi connectivity index (χ3v) is 6.23. The fourth-order valence-electron chi connectivity index (χ4n) is 3.23. The highest BCUT2D eigenvalue weighted by Crippen LogP contribution is 2.34. The van der Waals surface area contributed by atoms with E-state index in [9.17, 15) is 4.79 Å². The second-order valence-electron chi connectivity index (χ2n) is 6.71. The second-order valence-corrected chi connectivity index (χ2v) is 9.17. The molecule has 0 aliphatic carbocycles. The molecule has 2 aromatic rings. The molecular formula is C21H25BrN2O2S. The van der Waals surface area contributed by atoms with Crippen LogP contribution in [0.2, 0.25) is 0 Å². The smallest absolute Gasteiger partial charge is 0.268 e. The van der Waals surface area contributed by atoms with Gasteiger partial charge in [-0.3, -0.25) is 4.79 Å². The number of anilines is 1. The van der Waals surface area contributed by atoms with Crippen molar-refractivity contribution >= 4 is 38.9 Å². The van der Waals surface area contributed by atoms with E-state index in [1.165, 1.54) is 16.9 Å². The van der Waals surface area contributed by atoms with E-state index >= 15 is 0 Å². The van der Waals surface area contributed by atoms with Gasteiger partial charge in [-0.2, -0.15) is 0 Å². The molecule has 4 nitrogen and oxygen atoms in total. The summed E-state index contributed by atoms with van der Waals surface area (Å²) in [5.41, 5.74) is 2.19. The van der Waals surface area contributed by atoms with Crippen LogP contribution in [0.25, 0.3) is 0 Å². The fraction of sp³-hybridized carbons (Fsp3) is 0.381. The number of halogens is 1. The molecule has 0 N–H and O–H groups in total. The number of fused-ring (bicyclic) bond motifs is 1. The summed E-state index contributed by atoms with van der Waals surface area (Å²) < 4.78 is 6.89.